The third-order valence-corrected chi connectivity index (χ3v) is 6.02. The summed E-state index contributed by atoms with van der Waals surface area (Å²) in [5.41, 5.74) is 1.66. The summed E-state index contributed by atoms with van der Waals surface area (Å²) in [6, 6.07) is 9.09. The number of rotatable bonds is 9. The van der Waals surface area contributed by atoms with Crippen LogP contribution in [0.2, 0.25) is 0 Å². The molecule has 0 aliphatic rings. The van der Waals surface area contributed by atoms with E-state index in [1.54, 1.807) is 26.4 Å². The van der Waals surface area contributed by atoms with Crippen LogP contribution in [0, 0.1) is 18.5 Å². The molecule has 0 saturated carbocycles. The second-order valence-electron chi connectivity index (χ2n) is 6.50. The Morgan fingerprint density at radius 1 is 1.00 bits per heavy atom. The van der Waals surface area contributed by atoms with Crippen LogP contribution in [0.25, 0.3) is 0 Å². The second kappa shape index (κ2) is 14.5. The van der Waals surface area contributed by atoms with Crippen LogP contribution in [0.15, 0.2) is 24.3 Å². The molecule has 3 N–H and O–H groups in total. The van der Waals surface area contributed by atoms with Crippen LogP contribution in [-0.4, -0.2) is 49.4 Å². The van der Waals surface area contributed by atoms with Crippen LogP contribution in [0.3, 0.4) is 0 Å². The summed E-state index contributed by atoms with van der Waals surface area (Å²) in [6.45, 7) is 2.01. The maximum absolute atomic E-state index is 9.64. The fourth-order valence-corrected chi connectivity index (χ4v) is 3.98. The fraction of sp³-hybridized carbons (Fsp3) is 0.409. The van der Waals surface area contributed by atoms with Crippen LogP contribution in [-0.2, 0) is 6.42 Å². The molecule has 2 aromatic rings. The molecule has 1 unspecified atom stereocenters. The number of aliphatic hydroxyl groups excluding tert-OH is 2. The molecule has 0 spiro atoms. The molecule has 1 atom stereocenters. The van der Waals surface area contributed by atoms with Crippen molar-refractivity contribution in [2.24, 2.45) is 0 Å². The smallest absolute Gasteiger partial charge is 0.174 e. The number of phenols is 1. The summed E-state index contributed by atoms with van der Waals surface area (Å²) in [5.74, 6) is 2.31. The lowest BCUT2D eigenvalue weighted by Gasteiger charge is -2.13. The zero-order valence-corrected chi connectivity index (χ0v) is 22.0. The Labute approximate surface area is 210 Å². The average Bonchev–Trinajstić information content (AvgIpc) is 2.77. The van der Waals surface area contributed by atoms with Crippen LogP contribution >= 0.6 is 45.2 Å². The van der Waals surface area contributed by atoms with Crippen LogP contribution in [0.1, 0.15) is 30.4 Å². The predicted molar refractivity (Wildman–Crippen MR) is 135 cm³/mol. The number of aryl methyl sites for hydroxylation is 1. The van der Waals surface area contributed by atoms with E-state index >= 15 is 0 Å². The summed E-state index contributed by atoms with van der Waals surface area (Å²) >= 11 is 4.25. The summed E-state index contributed by atoms with van der Waals surface area (Å²) in [7, 11) is 3.20. The number of nitriles is 1. The number of methoxy groups -OCH3 is 2. The molecule has 0 fully saturated rings. The minimum absolute atomic E-state index is 0.0112. The van der Waals surface area contributed by atoms with Gasteiger partial charge in [-0.15, -0.1) is 0 Å². The Kier molecular flexibility index (Phi) is 12.9. The third kappa shape index (κ3) is 8.51. The number of hydrogen-bond donors (Lipinski definition) is 3. The topological polar surface area (TPSA) is 112 Å². The highest BCUT2D eigenvalue weighted by Gasteiger charge is 2.13. The molecule has 0 radical (unpaired) electrons. The molecule has 0 aromatic heterocycles. The van der Waals surface area contributed by atoms with Crippen molar-refractivity contribution in [2.75, 3.05) is 34.0 Å². The Morgan fingerprint density at radius 2 is 1.61 bits per heavy atom. The molecular weight excluding hydrogens is 628 g/mol. The van der Waals surface area contributed by atoms with Gasteiger partial charge in [0.1, 0.15) is 29.1 Å². The van der Waals surface area contributed by atoms with Crippen molar-refractivity contribution >= 4 is 45.2 Å². The third-order valence-electron chi connectivity index (χ3n) is 4.34. The van der Waals surface area contributed by atoms with Crippen molar-refractivity contribution in [2.45, 2.75) is 25.7 Å². The lowest BCUT2D eigenvalue weighted by atomic mass is 10.0. The largest absolute Gasteiger partial charge is 0.508 e. The highest BCUT2D eigenvalue weighted by atomic mass is 127. The summed E-state index contributed by atoms with van der Waals surface area (Å²) in [5, 5.41) is 36.0. The van der Waals surface area contributed by atoms with Gasteiger partial charge in [-0.25, -0.2) is 0 Å². The Hall–Kier alpha value is -1.49. The zero-order valence-electron chi connectivity index (χ0n) is 17.7. The molecule has 2 aromatic carbocycles. The summed E-state index contributed by atoms with van der Waals surface area (Å²) in [6.07, 6.45) is 1.36. The van der Waals surface area contributed by atoms with Gasteiger partial charge in [0.2, 0.25) is 0 Å². The van der Waals surface area contributed by atoms with E-state index in [-0.39, 0.29) is 31.5 Å². The van der Waals surface area contributed by atoms with E-state index in [4.69, 9.17) is 29.7 Å². The van der Waals surface area contributed by atoms with Crippen molar-refractivity contribution in [3.8, 4) is 29.1 Å². The quantitative estimate of drug-likeness (QED) is 0.347. The van der Waals surface area contributed by atoms with Gasteiger partial charge in [-0.1, -0.05) is 6.92 Å². The molecule has 2 rings (SSSR count). The first-order chi connectivity index (χ1) is 14.8. The number of nitrogens with zero attached hydrogens (tertiary/aromatic N) is 1. The molecule has 170 valence electrons. The van der Waals surface area contributed by atoms with Gasteiger partial charge < -0.3 is 29.5 Å². The first-order valence-corrected chi connectivity index (χ1v) is 11.6. The fourth-order valence-electron chi connectivity index (χ4n) is 2.65. The number of aromatic hydroxyl groups is 1. The molecule has 0 amide bonds. The summed E-state index contributed by atoms with van der Waals surface area (Å²) in [4.78, 5) is 0. The first kappa shape index (κ1) is 27.5. The highest BCUT2D eigenvalue weighted by molar-refractivity contribution is 14.1. The normalized spacial score (nSPS) is 11.0. The molecule has 0 aliphatic heterocycles. The van der Waals surface area contributed by atoms with Gasteiger partial charge in [0.05, 0.1) is 21.4 Å². The molecule has 0 saturated heterocycles. The van der Waals surface area contributed by atoms with Crippen molar-refractivity contribution in [3.05, 3.63) is 42.5 Å². The van der Waals surface area contributed by atoms with Gasteiger partial charge in [-0.2, -0.15) is 5.26 Å². The van der Waals surface area contributed by atoms with E-state index in [2.05, 4.69) is 45.2 Å². The molecular formula is C22H27I2NO6. The van der Waals surface area contributed by atoms with Gasteiger partial charge >= 0.3 is 0 Å². The standard InChI is InChI=1S/C12H14INO3.C10H13IO3/c1-16-12-7-9(3-2-5-15)11(8-10(12)13)17-6-4-14;1-6(5-12)7-3-10(14-2)8(11)4-9(7)13/h7-8,15H,2-3,5-6H2,1H3;3-4,6,12-13H,5H2,1-2H3. The van der Waals surface area contributed by atoms with Gasteiger partial charge in [-0.3, -0.25) is 0 Å². The predicted octanol–water partition coefficient (Wildman–Crippen LogP) is 4.23. The maximum atomic E-state index is 9.64. The van der Waals surface area contributed by atoms with Gasteiger partial charge in [0.15, 0.2) is 6.61 Å². The van der Waals surface area contributed by atoms with Crippen molar-refractivity contribution < 1.29 is 29.5 Å². The van der Waals surface area contributed by atoms with E-state index in [1.807, 2.05) is 25.1 Å². The Bertz CT molecular complexity index is 885. The SMILES string of the molecule is COc1cc(C(C)CO)c(O)cc1I.COc1cc(CCCO)c(OCC#N)cc1I. The van der Waals surface area contributed by atoms with Crippen LogP contribution in [0.5, 0.6) is 23.0 Å². The zero-order chi connectivity index (χ0) is 23.4. The van der Waals surface area contributed by atoms with E-state index < -0.39 is 0 Å². The highest BCUT2D eigenvalue weighted by Crippen LogP contribution is 2.33. The summed E-state index contributed by atoms with van der Waals surface area (Å²) < 4.78 is 17.5. The van der Waals surface area contributed by atoms with Crippen LogP contribution < -0.4 is 14.2 Å². The van der Waals surface area contributed by atoms with Crippen molar-refractivity contribution in [1.82, 2.24) is 0 Å². The molecule has 0 bridgehead atoms. The van der Waals surface area contributed by atoms with Gasteiger partial charge in [0.25, 0.3) is 0 Å². The molecule has 7 nitrogen and oxygen atoms in total. The van der Waals surface area contributed by atoms with Crippen molar-refractivity contribution in [3.63, 3.8) is 0 Å². The number of phenolic OH excluding ortho intramolecular Hbond substituents is 1. The molecule has 0 heterocycles. The number of ether oxygens (including phenoxy) is 3. The molecule has 9 heteroatoms. The second-order valence-corrected chi connectivity index (χ2v) is 8.82. The molecule has 0 aliphatic carbocycles. The average molecular weight is 655 g/mol. The number of halogens is 2. The lowest BCUT2D eigenvalue weighted by Crippen LogP contribution is -2.01. The van der Waals surface area contributed by atoms with E-state index in [0.29, 0.717) is 24.2 Å². The lowest BCUT2D eigenvalue weighted by molar-refractivity contribution is 0.270. The first-order valence-electron chi connectivity index (χ1n) is 9.47. The monoisotopic (exact) mass is 655 g/mol. The Balaban J connectivity index is 0.000000316. The minimum atomic E-state index is -0.0825. The Morgan fingerprint density at radius 3 is 2.16 bits per heavy atom. The number of aliphatic hydroxyl groups is 2. The number of benzene rings is 2. The van der Waals surface area contributed by atoms with E-state index in [9.17, 15) is 5.11 Å². The minimum Gasteiger partial charge on any atom is -0.508 e. The van der Waals surface area contributed by atoms with Gasteiger partial charge in [0, 0.05) is 24.7 Å². The van der Waals surface area contributed by atoms with Crippen LogP contribution in [0.4, 0.5) is 0 Å². The van der Waals surface area contributed by atoms with E-state index in [1.165, 1.54) is 0 Å². The maximum Gasteiger partial charge on any atom is 0.174 e. The number of hydrogen-bond acceptors (Lipinski definition) is 7. The van der Waals surface area contributed by atoms with Gasteiger partial charge in [-0.05, 0) is 87.9 Å². The van der Waals surface area contributed by atoms with E-state index in [0.717, 1.165) is 24.2 Å². The molecule has 31 heavy (non-hydrogen) atoms. The van der Waals surface area contributed by atoms with Crippen molar-refractivity contribution in [1.29, 1.82) is 5.26 Å².